The molecule has 3 saturated heterocycles. The molecular formula is C14H20N3O+. The summed E-state index contributed by atoms with van der Waals surface area (Å²) in [7, 11) is 0. The molecule has 3 heterocycles. The molecule has 4 nitrogen and oxygen atoms in total. The van der Waals surface area contributed by atoms with E-state index in [0.717, 1.165) is 49.4 Å². The molecule has 0 radical (unpaired) electrons. The van der Waals surface area contributed by atoms with E-state index < -0.39 is 0 Å². The van der Waals surface area contributed by atoms with Gasteiger partial charge in [-0.05, 0) is 12.1 Å². The normalized spacial score (nSPS) is 30.1. The van der Waals surface area contributed by atoms with Crippen LogP contribution in [0.3, 0.4) is 0 Å². The van der Waals surface area contributed by atoms with Gasteiger partial charge < -0.3 is 9.80 Å². The Morgan fingerprint density at radius 2 is 1.72 bits per heavy atom. The number of anilines is 1. The predicted molar refractivity (Wildman–Crippen MR) is 71.2 cm³/mol. The van der Waals surface area contributed by atoms with Gasteiger partial charge in [0.2, 0.25) is 0 Å². The summed E-state index contributed by atoms with van der Waals surface area (Å²) in [6.07, 6.45) is 0. The highest BCUT2D eigenvalue weighted by atomic mass is 16.2. The highest BCUT2D eigenvalue weighted by molar-refractivity contribution is 5.91. The first-order chi connectivity index (χ1) is 8.76. The maximum absolute atomic E-state index is 12.1. The van der Waals surface area contributed by atoms with Crippen molar-refractivity contribution in [3.8, 4) is 0 Å². The number of benzene rings is 1. The van der Waals surface area contributed by atoms with Gasteiger partial charge in [-0.2, -0.15) is 0 Å². The molecule has 0 spiro atoms. The molecule has 1 aromatic rings. The average molecular weight is 246 g/mol. The third-order valence-electron chi connectivity index (χ3n) is 4.21. The number of carbonyl (C=O) groups excluding carboxylic acids is 1. The van der Waals surface area contributed by atoms with E-state index in [2.05, 4.69) is 10.2 Å². The van der Waals surface area contributed by atoms with Crippen LogP contribution in [0.5, 0.6) is 0 Å². The third-order valence-corrected chi connectivity index (χ3v) is 4.21. The van der Waals surface area contributed by atoms with Crippen molar-refractivity contribution >= 4 is 11.6 Å². The summed E-state index contributed by atoms with van der Waals surface area (Å²) in [5, 5.41) is 3.00. The van der Waals surface area contributed by atoms with Gasteiger partial charge in [0, 0.05) is 25.3 Å². The first-order valence-corrected chi connectivity index (χ1v) is 6.68. The van der Waals surface area contributed by atoms with Crippen LogP contribution in [-0.2, 0) is 4.79 Å². The topological polar surface area (TPSA) is 32.3 Å². The van der Waals surface area contributed by atoms with Gasteiger partial charge in [-0.15, -0.1) is 0 Å². The molecule has 3 fully saturated rings. The van der Waals surface area contributed by atoms with Gasteiger partial charge in [-0.1, -0.05) is 18.2 Å². The molecule has 0 unspecified atom stereocenters. The summed E-state index contributed by atoms with van der Waals surface area (Å²) in [5.41, 5.74) is 0.899. The summed E-state index contributed by atoms with van der Waals surface area (Å²) in [6.45, 7) is 7.46. The molecule has 3 aliphatic heterocycles. The quantitative estimate of drug-likeness (QED) is 0.799. The Morgan fingerprint density at radius 1 is 1.11 bits per heavy atom. The van der Waals surface area contributed by atoms with Crippen LogP contribution in [0.25, 0.3) is 0 Å². The Labute approximate surface area is 108 Å². The monoisotopic (exact) mass is 246 g/mol. The fraction of sp³-hybridized carbons (Fsp3) is 0.500. The second-order valence-electron chi connectivity index (χ2n) is 5.43. The Balaban J connectivity index is 1.61. The molecule has 96 valence electrons. The maximum atomic E-state index is 12.1. The third kappa shape index (κ3) is 2.40. The maximum Gasteiger partial charge on any atom is 0.279 e. The first-order valence-electron chi connectivity index (χ1n) is 6.68. The summed E-state index contributed by atoms with van der Waals surface area (Å²) in [5.74, 6) is 0.150. The highest BCUT2D eigenvalue weighted by Crippen LogP contribution is 2.19. The van der Waals surface area contributed by atoms with Crippen LogP contribution < -0.4 is 5.32 Å². The zero-order valence-corrected chi connectivity index (χ0v) is 10.6. The molecule has 18 heavy (non-hydrogen) atoms. The number of fused-ring (bicyclic) bond motifs is 3. The van der Waals surface area contributed by atoms with Crippen LogP contribution in [0.1, 0.15) is 0 Å². The van der Waals surface area contributed by atoms with E-state index in [1.54, 1.807) is 0 Å². The summed E-state index contributed by atoms with van der Waals surface area (Å²) in [4.78, 5) is 14.6. The largest absolute Gasteiger partial charge is 0.321 e. The number of rotatable bonds is 3. The van der Waals surface area contributed by atoms with Crippen molar-refractivity contribution in [3.63, 3.8) is 0 Å². The fourth-order valence-corrected chi connectivity index (χ4v) is 3.00. The van der Waals surface area contributed by atoms with Gasteiger partial charge in [0.15, 0.2) is 6.54 Å². The molecule has 0 saturated carbocycles. The fourth-order valence-electron chi connectivity index (χ4n) is 3.00. The summed E-state index contributed by atoms with van der Waals surface area (Å²) < 4.78 is 0.981. The molecule has 0 aromatic heterocycles. The zero-order valence-electron chi connectivity index (χ0n) is 10.6. The van der Waals surface area contributed by atoms with E-state index in [1.807, 2.05) is 30.3 Å². The lowest BCUT2D eigenvalue weighted by atomic mass is 10.1. The Morgan fingerprint density at radius 3 is 2.33 bits per heavy atom. The Kier molecular flexibility index (Phi) is 3.06. The Bertz CT molecular complexity index is 410. The second kappa shape index (κ2) is 4.71. The van der Waals surface area contributed by atoms with Crippen molar-refractivity contribution in [1.82, 2.24) is 4.90 Å². The van der Waals surface area contributed by atoms with Crippen molar-refractivity contribution in [2.45, 2.75) is 0 Å². The van der Waals surface area contributed by atoms with Gasteiger partial charge in [0.25, 0.3) is 5.91 Å². The predicted octanol–water partition coefficient (Wildman–Crippen LogP) is 0.771. The summed E-state index contributed by atoms with van der Waals surface area (Å²) >= 11 is 0. The van der Waals surface area contributed by atoms with Gasteiger partial charge in [-0.25, -0.2) is 0 Å². The van der Waals surface area contributed by atoms with Gasteiger partial charge in [0.05, 0.1) is 19.6 Å². The minimum atomic E-state index is 0.150. The van der Waals surface area contributed by atoms with Crippen LogP contribution >= 0.6 is 0 Å². The molecule has 0 atom stereocenters. The van der Waals surface area contributed by atoms with Crippen LogP contribution in [-0.4, -0.2) is 61.1 Å². The number of carbonyl (C=O) groups is 1. The number of nitrogens with zero attached hydrogens (tertiary/aromatic N) is 2. The summed E-state index contributed by atoms with van der Waals surface area (Å²) in [6, 6.07) is 9.73. The number of nitrogens with one attached hydrogen (secondary N) is 1. The molecular weight excluding hydrogens is 226 g/mol. The minimum Gasteiger partial charge on any atom is -0.321 e. The number of para-hydroxylation sites is 1. The number of hydrogen-bond acceptors (Lipinski definition) is 2. The molecule has 0 aliphatic carbocycles. The van der Waals surface area contributed by atoms with Gasteiger partial charge in [-0.3, -0.25) is 9.69 Å². The van der Waals surface area contributed by atoms with E-state index in [-0.39, 0.29) is 5.91 Å². The average Bonchev–Trinajstić information content (AvgIpc) is 2.41. The van der Waals surface area contributed by atoms with E-state index in [4.69, 9.17) is 0 Å². The van der Waals surface area contributed by atoms with Crippen LogP contribution in [0, 0.1) is 0 Å². The standard InChI is InChI=1S/C14H19N3O/c18-14(15-13-4-2-1-3-5-13)12-17-9-6-16(7-10-17)8-11-17/h1-5H,6-12H2/p+1. The lowest BCUT2D eigenvalue weighted by Gasteiger charge is -2.50. The van der Waals surface area contributed by atoms with E-state index in [9.17, 15) is 4.79 Å². The number of piperazine rings is 3. The van der Waals surface area contributed by atoms with Crippen LogP contribution in [0.15, 0.2) is 30.3 Å². The Hall–Kier alpha value is -1.39. The molecule has 4 heteroatoms. The molecule has 1 aromatic carbocycles. The van der Waals surface area contributed by atoms with Crippen LogP contribution in [0.2, 0.25) is 0 Å². The first kappa shape index (κ1) is 11.7. The molecule has 4 rings (SSSR count). The molecule has 1 amide bonds. The van der Waals surface area contributed by atoms with E-state index >= 15 is 0 Å². The molecule has 3 aliphatic rings. The van der Waals surface area contributed by atoms with Crippen molar-refractivity contribution in [1.29, 1.82) is 0 Å². The lowest BCUT2D eigenvalue weighted by molar-refractivity contribution is -0.933. The number of amides is 1. The number of hydrogen-bond donors (Lipinski definition) is 1. The van der Waals surface area contributed by atoms with Crippen molar-refractivity contribution < 1.29 is 9.28 Å². The SMILES string of the molecule is O=C(C[N+]12CCN(CC1)CC2)Nc1ccccc1. The second-order valence-corrected chi connectivity index (χ2v) is 5.43. The van der Waals surface area contributed by atoms with Crippen molar-refractivity contribution in [2.75, 3.05) is 51.1 Å². The lowest BCUT2D eigenvalue weighted by Crippen LogP contribution is -2.68. The smallest absolute Gasteiger partial charge is 0.279 e. The minimum absolute atomic E-state index is 0.150. The van der Waals surface area contributed by atoms with E-state index in [0.29, 0.717) is 6.54 Å². The van der Waals surface area contributed by atoms with E-state index in [1.165, 1.54) is 0 Å². The van der Waals surface area contributed by atoms with Crippen molar-refractivity contribution in [2.24, 2.45) is 0 Å². The van der Waals surface area contributed by atoms with Gasteiger partial charge in [0.1, 0.15) is 0 Å². The van der Waals surface area contributed by atoms with Gasteiger partial charge >= 0.3 is 0 Å². The highest BCUT2D eigenvalue weighted by Gasteiger charge is 2.39. The van der Waals surface area contributed by atoms with Crippen molar-refractivity contribution in [3.05, 3.63) is 30.3 Å². The van der Waals surface area contributed by atoms with Crippen LogP contribution in [0.4, 0.5) is 5.69 Å². The molecule has 1 N–H and O–H groups in total. The zero-order chi connectivity index (χ0) is 12.4. The number of quaternary nitrogens is 1. The molecule has 2 bridgehead atoms.